The van der Waals surface area contributed by atoms with Crippen molar-refractivity contribution in [2.75, 3.05) is 12.4 Å². The second kappa shape index (κ2) is 5.43. The molecule has 4 heteroatoms. The highest BCUT2D eigenvalue weighted by Crippen LogP contribution is 2.39. The third kappa shape index (κ3) is 2.58. The molecule has 0 aliphatic carbocycles. The average molecular weight is 295 g/mol. The lowest BCUT2D eigenvalue weighted by Gasteiger charge is -2.13. The van der Waals surface area contributed by atoms with Gasteiger partial charge in [-0.2, -0.15) is 0 Å². The largest absolute Gasteiger partial charge is 0.490 e. The van der Waals surface area contributed by atoms with Crippen LogP contribution in [0.5, 0.6) is 5.75 Å². The molecule has 19 heavy (non-hydrogen) atoms. The molecule has 1 atom stereocenters. The van der Waals surface area contributed by atoms with Gasteiger partial charge in [-0.05, 0) is 23.8 Å². The van der Waals surface area contributed by atoms with E-state index in [4.69, 9.17) is 16.3 Å². The minimum absolute atomic E-state index is 0.0960. The Morgan fingerprint density at radius 2 is 2.05 bits per heavy atom. The summed E-state index contributed by atoms with van der Waals surface area (Å²) in [6, 6.07) is 13.1. The van der Waals surface area contributed by atoms with Gasteiger partial charge in [0.1, 0.15) is 0 Å². The maximum atomic E-state index is 13.7. The molecule has 1 unspecified atom stereocenters. The molecule has 0 N–H and O–H groups in total. The SMILES string of the molecule is Fc1c(Cl)cccc1OCC1CSc2ccccc21. The van der Waals surface area contributed by atoms with E-state index in [1.165, 1.54) is 16.5 Å². The lowest BCUT2D eigenvalue weighted by atomic mass is 10.0. The van der Waals surface area contributed by atoms with Crippen molar-refractivity contribution in [3.63, 3.8) is 0 Å². The van der Waals surface area contributed by atoms with E-state index in [0.29, 0.717) is 12.5 Å². The number of benzene rings is 2. The number of halogens is 2. The third-order valence-electron chi connectivity index (χ3n) is 3.16. The van der Waals surface area contributed by atoms with Crippen LogP contribution < -0.4 is 4.74 Å². The lowest BCUT2D eigenvalue weighted by molar-refractivity contribution is 0.284. The molecule has 1 aliphatic rings. The summed E-state index contributed by atoms with van der Waals surface area (Å²) in [7, 11) is 0. The first-order valence-corrected chi connectivity index (χ1v) is 7.40. The second-order valence-electron chi connectivity index (χ2n) is 4.41. The highest BCUT2D eigenvalue weighted by molar-refractivity contribution is 7.99. The Morgan fingerprint density at radius 1 is 1.21 bits per heavy atom. The minimum Gasteiger partial charge on any atom is -0.490 e. The Labute approximate surface area is 120 Å². The predicted octanol–water partition coefficient (Wildman–Crippen LogP) is 4.75. The topological polar surface area (TPSA) is 9.23 Å². The van der Waals surface area contributed by atoms with E-state index in [0.717, 1.165) is 5.75 Å². The molecule has 0 amide bonds. The summed E-state index contributed by atoms with van der Waals surface area (Å²) in [5, 5.41) is 0.0960. The Bertz CT molecular complexity index is 602. The van der Waals surface area contributed by atoms with Gasteiger partial charge in [0.25, 0.3) is 0 Å². The smallest absolute Gasteiger partial charge is 0.183 e. The third-order valence-corrected chi connectivity index (χ3v) is 4.70. The van der Waals surface area contributed by atoms with Crippen molar-refractivity contribution in [3.8, 4) is 5.75 Å². The number of ether oxygens (including phenoxy) is 1. The molecule has 0 spiro atoms. The number of rotatable bonds is 3. The second-order valence-corrected chi connectivity index (χ2v) is 5.88. The summed E-state index contributed by atoms with van der Waals surface area (Å²) in [4.78, 5) is 1.29. The molecule has 0 bridgehead atoms. The van der Waals surface area contributed by atoms with Crippen LogP contribution in [-0.4, -0.2) is 12.4 Å². The average Bonchev–Trinajstić information content (AvgIpc) is 2.84. The van der Waals surface area contributed by atoms with Crippen molar-refractivity contribution in [3.05, 3.63) is 58.9 Å². The molecule has 0 fully saturated rings. The first kappa shape index (κ1) is 12.8. The Morgan fingerprint density at radius 3 is 2.95 bits per heavy atom. The predicted molar refractivity (Wildman–Crippen MR) is 76.8 cm³/mol. The lowest BCUT2D eigenvalue weighted by Crippen LogP contribution is -2.10. The quantitative estimate of drug-likeness (QED) is 0.808. The molecule has 0 saturated heterocycles. The van der Waals surface area contributed by atoms with Crippen molar-refractivity contribution in [2.24, 2.45) is 0 Å². The van der Waals surface area contributed by atoms with E-state index in [1.54, 1.807) is 12.1 Å². The van der Waals surface area contributed by atoms with E-state index in [1.807, 2.05) is 23.9 Å². The van der Waals surface area contributed by atoms with Gasteiger partial charge in [-0.15, -0.1) is 11.8 Å². The molecular weight excluding hydrogens is 283 g/mol. The Hall–Kier alpha value is -1.19. The van der Waals surface area contributed by atoms with Crippen LogP contribution in [0.1, 0.15) is 11.5 Å². The van der Waals surface area contributed by atoms with Gasteiger partial charge in [0, 0.05) is 16.6 Å². The van der Waals surface area contributed by atoms with Crippen LogP contribution in [0, 0.1) is 5.82 Å². The van der Waals surface area contributed by atoms with Gasteiger partial charge in [0.2, 0.25) is 0 Å². The molecule has 0 radical (unpaired) electrons. The normalized spacial score (nSPS) is 17.3. The zero-order valence-corrected chi connectivity index (χ0v) is 11.7. The van der Waals surface area contributed by atoms with Gasteiger partial charge in [-0.3, -0.25) is 0 Å². The maximum absolute atomic E-state index is 13.7. The van der Waals surface area contributed by atoms with Gasteiger partial charge >= 0.3 is 0 Å². The van der Waals surface area contributed by atoms with E-state index in [9.17, 15) is 4.39 Å². The van der Waals surface area contributed by atoms with Crippen LogP contribution in [-0.2, 0) is 0 Å². The number of fused-ring (bicyclic) bond motifs is 1. The van der Waals surface area contributed by atoms with E-state index < -0.39 is 5.82 Å². The fraction of sp³-hybridized carbons (Fsp3) is 0.200. The molecule has 1 aliphatic heterocycles. The first-order valence-electron chi connectivity index (χ1n) is 6.04. The fourth-order valence-corrected chi connectivity index (χ4v) is 3.55. The monoisotopic (exact) mass is 294 g/mol. The van der Waals surface area contributed by atoms with Crippen LogP contribution in [0.15, 0.2) is 47.4 Å². The number of hydrogen-bond donors (Lipinski definition) is 0. The van der Waals surface area contributed by atoms with Crippen molar-refractivity contribution in [2.45, 2.75) is 10.8 Å². The highest BCUT2D eigenvalue weighted by atomic mass is 35.5. The summed E-state index contributed by atoms with van der Waals surface area (Å²) in [5.74, 6) is 1.02. The molecule has 2 aromatic carbocycles. The summed E-state index contributed by atoms with van der Waals surface area (Å²) >= 11 is 7.55. The molecule has 3 rings (SSSR count). The summed E-state index contributed by atoms with van der Waals surface area (Å²) < 4.78 is 19.3. The van der Waals surface area contributed by atoms with Gasteiger partial charge in [0.15, 0.2) is 11.6 Å². The highest BCUT2D eigenvalue weighted by Gasteiger charge is 2.23. The van der Waals surface area contributed by atoms with Crippen molar-refractivity contribution < 1.29 is 9.13 Å². The Kier molecular flexibility index (Phi) is 3.67. The van der Waals surface area contributed by atoms with Crippen LogP contribution in [0.2, 0.25) is 5.02 Å². The molecule has 2 aromatic rings. The maximum Gasteiger partial charge on any atom is 0.183 e. The zero-order valence-electron chi connectivity index (χ0n) is 10.1. The van der Waals surface area contributed by atoms with Gasteiger partial charge < -0.3 is 4.74 Å². The summed E-state index contributed by atoms with van der Waals surface area (Å²) in [6.45, 7) is 0.473. The zero-order chi connectivity index (χ0) is 13.2. The summed E-state index contributed by atoms with van der Waals surface area (Å²) in [5.41, 5.74) is 1.29. The van der Waals surface area contributed by atoms with Gasteiger partial charge in [0.05, 0.1) is 11.6 Å². The summed E-state index contributed by atoms with van der Waals surface area (Å²) in [6.07, 6.45) is 0. The fourth-order valence-electron chi connectivity index (χ4n) is 2.15. The Balaban J connectivity index is 1.73. The molecule has 0 saturated carbocycles. The molecule has 98 valence electrons. The molecule has 0 aromatic heterocycles. The number of hydrogen-bond acceptors (Lipinski definition) is 2. The van der Waals surface area contributed by atoms with Gasteiger partial charge in [-0.25, -0.2) is 4.39 Å². The van der Waals surface area contributed by atoms with Crippen LogP contribution in [0.25, 0.3) is 0 Å². The number of thioether (sulfide) groups is 1. The van der Waals surface area contributed by atoms with E-state index >= 15 is 0 Å². The first-order chi connectivity index (χ1) is 9.25. The molecule has 1 nitrogen and oxygen atoms in total. The van der Waals surface area contributed by atoms with Crippen LogP contribution in [0.4, 0.5) is 4.39 Å². The minimum atomic E-state index is -0.483. The molecular formula is C15H12ClFOS. The van der Waals surface area contributed by atoms with E-state index in [-0.39, 0.29) is 10.8 Å². The van der Waals surface area contributed by atoms with Crippen LogP contribution in [0.3, 0.4) is 0 Å². The standard InChI is InChI=1S/C15H12ClFOS/c16-12-5-3-6-13(15(12)17)18-8-10-9-19-14-7-2-1-4-11(10)14/h1-7,10H,8-9H2. The van der Waals surface area contributed by atoms with Crippen molar-refractivity contribution in [1.82, 2.24) is 0 Å². The van der Waals surface area contributed by atoms with Crippen molar-refractivity contribution >= 4 is 23.4 Å². The van der Waals surface area contributed by atoms with Crippen LogP contribution >= 0.6 is 23.4 Å². The van der Waals surface area contributed by atoms with E-state index in [2.05, 4.69) is 12.1 Å². The molecule has 1 heterocycles. The van der Waals surface area contributed by atoms with Gasteiger partial charge in [-0.1, -0.05) is 35.9 Å². The van der Waals surface area contributed by atoms with Crippen molar-refractivity contribution in [1.29, 1.82) is 0 Å².